The third kappa shape index (κ3) is 4.20. The fourth-order valence-corrected chi connectivity index (χ4v) is 3.66. The second kappa shape index (κ2) is 9.12. The summed E-state index contributed by atoms with van der Waals surface area (Å²) in [6.07, 6.45) is 5.96. The van der Waals surface area contributed by atoms with Crippen molar-refractivity contribution in [3.63, 3.8) is 0 Å². The van der Waals surface area contributed by atoms with Gasteiger partial charge in [-0.25, -0.2) is 0 Å². The molecule has 0 saturated heterocycles. The van der Waals surface area contributed by atoms with Crippen molar-refractivity contribution < 1.29 is 9.47 Å². The summed E-state index contributed by atoms with van der Waals surface area (Å²) in [4.78, 5) is 12.7. The Balaban J connectivity index is 1.99. The van der Waals surface area contributed by atoms with Crippen LogP contribution in [0.15, 0.2) is 29.1 Å². The predicted molar refractivity (Wildman–Crippen MR) is 110 cm³/mol. The molecule has 146 valence electrons. The van der Waals surface area contributed by atoms with Crippen LogP contribution in [-0.4, -0.2) is 17.8 Å². The van der Waals surface area contributed by atoms with Crippen LogP contribution in [0.2, 0.25) is 0 Å². The lowest BCUT2D eigenvalue weighted by atomic mass is 9.93. The zero-order valence-corrected chi connectivity index (χ0v) is 16.8. The maximum atomic E-state index is 12.7. The van der Waals surface area contributed by atoms with Gasteiger partial charge < -0.3 is 14.0 Å². The van der Waals surface area contributed by atoms with Crippen LogP contribution < -0.4 is 15.0 Å². The second-order valence-corrected chi connectivity index (χ2v) is 7.15. The number of unbranched alkanes of at least 4 members (excludes halogenated alkanes) is 2. The highest BCUT2D eigenvalue weighted by atomic mass is 16.5. The second-order valence-electron chi connectivity index (χ2n) is 7.15. The Kier molecular flexibility index (Phi) is 6.59. The minimum Gasteiger partial charge on any atom is -0.494 e. The number of fused-ring (bicyclic) bond motifs is 3. The summed E-state index contributed by atoms with van der Waals surface area (Å²) in [6.45, 7) is 8.55. The van der Waals surface area contributed by atoms with Gasteiger partial charge in [-0.1, -0.05) is 33.6 Å². The average molecular weight is 370 g/mol. The third-order valence-electron chi connectivity index (χ3n) is 5.19. The Hall–Kier alpha value is -2.23. The van der Waals surface area contributed by atoms with E-state index in [1.54, 1.807) is 6.07 Å². The van der Waals surface area contributed by atoms with Crippen LogP contribution >= 0.6 is 0 Å². The molecule has 2 aromatic rings. The maximum absolute atomic E-state index is 12.7. The number of hydrogen-bond acceptors (Lipinski definition) is 3. The lowest BCUT2D eigenvalue weighted by Crippen LogP contribution is -2.27. The van der Waals surface area contributed by atoms with E-state index in [0.717, 1.165) is 73.5 Å². The van der Waals surface area contributed by atoms with Gasteiger partial charge in [-0.15, -0.1) is 0 Å². The monoisotopic (exact) mass is 369 g/mol. The number of ether oxygens (including phenoxy) is 2. The van der Waals surface area contributed by atoms with Crippen molar-refractivity contribution in [2.75, 3.05) is 13.2 Å². The molecule has 0 bridgehead atoms. The zero-order valence-electron chi connectivity index (χ0n) is 16.8. The van der Waals surface area contributed by atoms with Crippen LogP contribution in [0.5, 0.6) is 11.5 Å². The lowest BCUT2D eigenvalue weighted by Gasteiger charge is -2.26. The number of hydrogen-bond donors (Lipinski definition) is 0. The van der Waals surface area contributed by atoms with Crippen LogP contribution in [0.1, 0.15) is 57.6 Å². The number of aryl methyl sites for hydroxylation is 1. The molecule has 1 aromatic heterocycles. The molecule has 0 atom stereocenters. The molecule has 1 aliphatic heterocycles. The first-order valence-corrected chi connectivity index (χ1v) is 10.3. The highest BCUT2D eigenvalue weighted by Crippen LogP contribution is 2.37. The Morgan fingerprint density at radius 2 is 1.74 bits per heavy atom. The van der Waals surface area contributed by atoms with Crippen molar-refractivity contribution in [2.24, 2.45) is 0 Å². The molecule has 0 fully saturated rings. The fourth-order valence-electron chi connectivity index (χ4n) is 3.66. The molecule has 2 heterocycles. The molecule has 0 radical (unpaired) electrons. The topological polar surface area (TPSA) is 40.5 Å². The highest BCUT2D eigenvalue weighted by Gasteiger charge is 2.23. The number of benzene rings is 1. The Bertz CT molecular complexity index is 838. The summed E-state index contributed by atoms with van der Waals surface area (Å²) in [6, 6.07) is 7.95. The molecule has 0 unspecified atom stereocenters. The Labute approximate surface area is 162 Å². The SMILES string of the molecule is CCCCOc1ccc2c(c1)CCn1c-2c(CC)c(OCCCC)cc1=O. The first-order chi connectivity index (χ1) is 13.2. The third-order valence-corrected chi connectivity index (χ3v) is 5.19. The molecule has 4 heteroatoms. The van der Waals surface area contributed by atoms with Crippen molar-refractivity contribution >= 4 is 0 Å². The summed E-state index contributed by atoms with van der Waals surface area (Å²) < 4.78 is 13.8. The van der Waals surface area contributed by atoms with Crippen molar-refractivity contribution in [1.82, 2.24) is 4.57 Å². The molecule has 0 amide bonds. The van der Waals surface area contributed by atoms with Gasteiger partial charge in [0, 0.05) is 23.7 Å². The summed E-state index contributed by atoms with van der Waals surface area (Å²) >= 11 is 0. The van der Waals surface area contributed by atoms with Gasteiger partial charge in [0.15, 0.2) is 0 Å². The predicted octanol–water partition coefficient (Wildman–Crippen LogP) is 4.99. The number of aromatic nitrogens is 1. The molecule has 27 heavy (non-hydrogen) atoms. The summed E-state index contributed by atoms with van der Waals surface area (Å²) in [5.74, 6) is 1.67. The smallest absolute Gasteiger partial charge is 0.254 e. The van der Waals surface area contributed by atoms with Gasteiger partial charge in [-0.2, -0.15) is 0 Å². The van der Waals surface area contributed by atoms with Crippen LogP contribution in [0, 0.1) is 0 Å². The molecule has 1 aromatic carbocycles. The number of nitrogens with zero attached hydrogens (tertiary/aromatic N) is 1. The van der Waals surface area contributed by atoms with E-state index in [2.05, 4.69) is 32.9 Å². The summed E-state index contributed by atoms with van der Waals surface area (Å²) in [7, 11) is 0. The van der Waals surface area contributed by atoms with Gasteiger partial charge in [0.1, 0.15) is 11.5 Å². The van der Waals surface area contributed by atoms with Crippen molar-refractivity contribution in [3.05, 3.63) is 45.7 Å². The van der Waals surface area contributed by atoms with Crippen molar-refractivity contribution in [2.45, 2.75) is 65.8 Å². The van der Waals surface area contributed by atoms with Crippen LogP contribution in [0.25, 0.3) is 11.3 Å². The summed E-state index contributed by atoms with van der Waals surface area (Å²) in [5, 5.41) is 0. The van der Waals surface area contributed by atoms with E-state index in [1.165, 1.54) is 5.56 Å². The summed E-state index contributed by atoms with van der Waals surface area (Å²) in [5.41, 5.74) is 4.58. The molecule has 3 rings (SSSR count). The van der Waals surface area contributed by atoms with Gasteiger partial charge in [0.2, 0.25) is 0 Å². The van der Waals surface area contributed by atoms with Gasteiger partial charge >= 0.3 is 0 Å². The van der Waals surface area contributed by atoms with Gasteiger partial charge in [0.05, 0.1) is 18.9 Å². The molecule has 1 aliphatic rings. The molecule has 4 nitrogen and oxygen atoms in total. The first kappa shape index (κ1) is 19.5. The number of rotatable bonds is 9. The van der Waals surface area contributed by atoms with Crippen LogP contribution in [0.3, 0.4) is 0 Å². The lowest BCUT2D eigenvalue weighted by molar-refractivity contribution is 0.305. The molecule has 0 spiro atoms. The van der Waals surface area contributed by atoms with Crippen molar-refractivity contribution in [3.8, 4) is 22.8 Å². The Morgan fingerprint density at radius 1 is 1.00 bits per heavy atom. The minimum absolute atomic E-state index is 0.0302. The van der Waals surface area contributed by atoms with Gasteiger partial charge in [0.25, 0.3) is 5.56 Å². The highest BCUT2D eigenvalue weighted by molar-refractivity contribution is 5.72. The first-order valence-electron chi connectivity index (χ1n) is 10.3. The van der Waals surface area contributed by atoms with E-state index < -0.39 is 0 Å². The maximum Gasteiger partial charge on any atom is 0.254 e. The molecule has 0 saturated carbocycles. The van der Waals surface area contributed by atoms with Crippen LogP contribution in [0.4, 0.5) is 0 Å². The minimum atomic E-state index is 0.0302. The molecule has 0 aliphatic carbocycles. The zero-order chi connectivity index (χ0) is 19.2. The Morgan fingerprint density at radius 3 is 2.44 bits per heavy atom. The molecular weight excluding hydrogens is 338 g/mol. The average Bonchev–Trinajstić information content (AvgIpc) is 2.68. The van der Waals surface area contributed by atoms with E-state index in [1.807, 2.05) is 10.6 Å². The van der Waals surface area contributed by atoms with Gasteiger partial charge in [-0.05, 0) is 49.4 Å². The molecule has 0 N–H and O–H groups in total. The van der Waals surface area contributed by atoms with E-state index in [-0.39, 0.29) is 5.56 Å². The van der Waals surface area contributed by atoms with E-state index >= 15 is 0 Å². The normalized spacial score (nSPS) is 12.4. The van der Waals surface area contributed by atoms with E-state index in [9.17, 15) is 4.79 Å². The van der Waals surface area contributed by atoms with E-state index in [0.29, 0.717) is 13.2 Å². The fraction of sp³-hybridized carbons (Fsp3) is 0.522. The number of pyridine rings is 1. The standard InChI is InChI=1S/C23H31NO3/c1-4-7-13-26-18-9-10-20-17(15-18)11-12-24-22(25)16-21(27-14-8-5-2)19(6-3)23(20)24/h9-10,15-16H,4-8,11-14H2,1-3H3. The van der Waals surface area contributed by atoms with Gasteiger partial charge in [-0.3, -0.25) is 4.79 Å². The quantitative estimate of drug-likeness (QED) is 0.585. The van der Waals surface area contributed by atoms with Crippen molar-refractivity contribution in [1.29, 1.82) is 0 Å². The molecular formula is C23H31NO3. The van der Waals surface area contributed by atoms with Crippen LogP contribution in [-0.2, 0) is 19.4 Å². The van der Waals surface area contributed by atoms with E-state index in [4.69, 9.17) is 9.47 Å². The largest absolute Gasteiger partial charge is 0.494 e.